The molecule has 3 nitrogen and oxygen atoms in total. The van der Waals surface area contributed by atoms with Gasteiger partial charge in [-0.05, 0) is 25.1 Å². The number of carbonyl (C=O) groups is 2. The maximum absolute atomic E-state index is 12.6. The van der Waals surface area contributed by atoms with E-state index in [1.54, 1.807) is 6.92 Å². The second-order valence-electron chi connectivity index (χ2n) is 4.49. The van der Waals surface area contributed by atoms with Gasteiger partial charge in [0.15, 0.2) is 11.6 Å². The molecule has 0 N–H and O–H groups in total. The highest BCUT2D eigenvalue weighted by Crippen LogP contribution is 2.29. The van der Waals surface area contributed by atoms with Gasteiger partial charge in [0.25, 0.3) is 0 Å². The van der Waals surface area contributed by atoms with E-state index in [1.807, 2.05) is 0 Å². The van der Waals surface area contributed by atoms with Crippen molar-refractivity contribution < 1.29 is 27.2 Å². The topological polar surface area (TPSA) is 47.3 Å². The molecule has 0 unspecified atom stereocenters. The molecule has 0 aliphatic rings. The summed E-state index contributed by atoms with van der Waals surface area (Å²) in [4.78, 5) is 23.8. The average molecular weight is 296 g/mol. The molecule has 1 aromatic heterocycles. The summed E-state index contributed by atoms with van der Waals surface area (Å²) in [6.07, 6.45) is -3.71. The van der Waals surface area contributed by atoms with Gasteiger partial charge in [-0.2, -0.15) is 13.2 Å². The number of hydrogen-bond donors (Lipinski definition) is 0. The summed E-state index contributed by atoms with van der Waals surface area (Å²) in [7, 11) is 0. The lowest BCUT2D eigenvalue weighted by atomic mass is 10.0. The molecule has 1 aromatic carbocycles. The van der Waals surface area contributed by atoms with Gasteiger partial charge in [-0.15, -0.1) is 0 Å². The zero-order chi connectivity index (χ0) is 15.6. The summed E-state index contributed by atoms with van der Waals surface area (Å²) < 4.78 is 42.7. The first-order valence-electron chi connectivity index (χ1n) is 6.07. The fourth-order valence-corrected chi connectivity index (χ4v) is 1.89. The number of ketones is 2. The van der Waals surface area contributed by atoms with Crippen molar-refractivity contribution in [3.8, 4) is 0 Å². The van der Waals surface area contributed by atoms with E-state index in [0.29, 0.717) is 5.76 Å². The molecule has 0 bridgehead atoms. The fourth-order valence-electron chi connectivity index (χ4n) is 1.89. The van der Waals surface area contributed by atoms with E-state index in [-0.39, 0.29) is 11.1 Å². The largest absolute Gasteiger partial charge is 0.469 e. The van der Waals surface area contributed by atoms with E-state index >= 15 is 0 Å². The molecule has 110 valence electrons. The molecule has 0 saturated heterocycles. The second kappa shape index (κ2) is 5.55. The molecule has 0 amide bonds. The van der Waals surface area contributed by atoms with Crippen LogP contribution in [0, 0.1) is 6.92 Å². The van der Waals surface area contributed by atoms with Crippen molar-refractivity contribution in [1.82, 2.24) is 0 Å². The maximum atomic E-state index is 12.6. The first kappa shape index (κ1) is 15.0. The molecule has 1 heterocycles. The summed E-state index contributed by atoms with van der Waals surface area (Å²) in [5.41, 5.74) is -0.796. The Morgan fingerprint density at radius 3 is 2.43 bits per heavy atom. The van der Waals surface area contributed by atoms with E-state index in [1.165, 1.54) is 18.4 Å². The van der Waals surface area contributed by atoms with Crippen LogP contribution in [0.15, 0.2) is 41.0 Å². The highest BCUT2D eigenvalue weighted by molar-refractivity contribution is 6.13. The van der Waals surface area contributed by atoms with Crippen molar-refractivity contribution >= 4 is 11.6 Å². The number of halogens is 3. The van der Waals surface area contributed by atoms with Gasteiger partial charge in [0.05, 0.1) is 23.8 Å². The molecule has 21 heavy (non-hydrogen) atoms. The minimum absolute atomic E-state index is 0.140. The van der Waals surface area contributed by atoms with Crippen molar-refractivity contribution in [3.05, 3.63) is 59.0 Å². The van der Waals surface area contributed by atoms with Gasteiger partial charge in [-0.3, -0.25) is 9.59 Å². The van der Waals surface area contributed by atoms with Crippen molar-refractivity contribution in [2.45, 2.75) is 19.5 Å². The molecule has 0 aliphatic heterocycles. The lowest BCUT2D eigenvalue weighted by Crippen LogP contribution is -2.11. The summed E-state index contributed by atoms with van der Waals surface area (Å²) in [6.45, 7) is 1.57. The van der Waals surface area contributed by atoms with Crippen molar-refractivity contribution in [2.75, 3.05) is 0 Å². The van der Waals surface area contributed by atoms with Crippen molar-refractivity contribution in [3.63, 3.8) is 0 Å². The zero-order valence-corrected chi connectivity index (χ0v) is 11.0. The number of Topliss-reactive ketones (excluding diaryl/α,β-unsaturated/α-hetero) is 2. The van der Waals surface area contributed by atoms with Crippen molar-refractivity contribution in [2.24, 2.45) is 0 Å². The van der Waals surface area contributed by atoms with Gasteiger partial charge in [-0.1, -0.05) is 12.1 Å². The number of rotatable bonds is 4. The fraction of sp³-hybridized carbons (Fsp3) is 0.200. The Labute approximate surface area is 118 Å². The first-order valence-corrected chi connectivity index (χ1v) is 6.07. The van der Waals surface area contributed by atoms with Gasteiger partial charge in [0.2, 0.25) is 0 Å². The molecular formula is C15H11F3O3. The molecule has 0 saturated carbocycles. The Bertz CT molecular complexity index is 683. The van der Waals surface area contributed by atoms with Crippen LogP contribution in [0.4, 0.5) is 13.2 Å². The number of carbonyl (C=O) groups excluding carboxylic acids is 2. The number of furan rings is 1. The van der Waals surface area contributed by atoms with Gasteiger partial charge >= 0.3 is 6.18 Å². The minimum Gasteiger partial charge on any atom is -0.469 e. The molecule has 0 aliphatic carbocycles. The van der Waals surface area contributed by atoms with Gasteiger partial charge in [0.1, 0.15) is 5.76 Å². The standard InChI is InChI=1S/C15H11F3O3/c1-9-12(5-6-21-9)14(20)8-13(19)10-3-2-4-11(7-10)15(16,17)18/h2-7H,8H2,1H3. The van der Waals surface area contributed by atoms with E-state index in [0.717, 1.165) is 18.2 Å². The summed E-state index contributed by atoms with van der Waals surface area (Å²) in [6, 6.07) is 5.45. The number of alkyl halides is 3. The van der Waals surface area contributed by atoms with Crippen LogP contribution in [-0.2, 0) is 6.18 Å². The van der Waals surface area contributed by atoms with Crippen LogP contribution < -0.4 is 0 Å². The highest BCUT2D eigenvalue weighted by atomic mass is 19.4. The van der Waals surface area contributed by atoms with E-state index in [9.17, 15) is 22.8 Å². The molecule has 2 rings (SSSR count). The van der Waals surface area contributed by atoms with Crippen molar-refractivity contribution in [1.29, 1.82) is 0 Å². The second-order valence-corrected chi connectivity index (χ2v) is 4.49. The van der Waals surface area contributed by atoms with Crippen LogP contribution >= 0.6 is 0 Å². The summed E-state index contributed by atoms with van der Waals surface area (Å²) >= 11 is 0. The Hall–Kier alpha value is -2.37. The SMILES string of the molecule is Cc1occc1C(=O)CC(=O)c1cccc(C(F)(F)F)c1. The van der Waals surface area contributed by atoms with Crippen LogP contribution in [-0.4, -0.2) is 11.6 Å². The van der Waals surface area contributed by atoms with Crippen LogP contribution in [0.25, 0.3) is 0 Å². The Kier molecular flexibility index (Phi) is 3.97. The third-order valence-electron chi connectivity index (χ3n) is 2.99. The summed E-state index contributed by atoms with van der Waals surface area (Å²) in [5.74, 6) is -0.771. The molecule has 0 radical (unpaired) electrons. The minimum atomic E-state index is -4.53. The molecule has 0 fully saturated rings. The van der Waals surface area contributed by atoms with Crippen LogP contribution in [0.5, 0.6) is 0 Å². The molecular weight excluding hydrogens is 285 g/mol. The first-order chi connectivity index (χ1) is 9.79. The molecule has 6 heteroatoms. The summed E-state index contributed by atoms with van der Waals surface area (Å²) in [5, 5.41) is 0. The quantitative estimate of drug-likeness (QED) is 0.631. The lowest BCUT2D eigenvalue weighted by molar-refractivity contribution is -0.137. The highest BCUT2D eigenvalue weighted by Gasteiger charge is 2.31. The Morgan fingerprint density at radius 2 is 1.86 bits per heavy atom. The normalized spacial score (nSPS) is 11.4. The predicted molar refractivity (Wildman–Crippen MR) is 68.2 cm³/mol. The molecule has 0 spiro atoms. The van der Waals surface area contributed by atoms with Gasteiger partial charge in [0, 0.05) is 5.56 Å². The third-order valence-corrected chi connectivity index (χ3v) is 2.99. The number of aryl methyl sites for hydroxylation is 1. The maximum Gasteiger partial charge on any atom is 0.416 e. The monoisotopic (exact) mass is 296 g/mol. The zero-order valence-electron chi connectivity index (χ0n) is 11.0. The third kappa shape index (κ3) is 3.39. The molecule has 0 atom stereocenters. The smallest absolute Gasteiger partial charge is 0.416 e. The Balaban J connectivity index is 2.18. The van der Waals surface area contributed by atoms with E-state index in [4.69, 9.17) is 4.42 Å². The average Bonchev–Trinajstić information content (AvgIpc) is 2.84. The number of benzene rings is 1. The van der Waals surface area contributed by atoms with Gasteiger partial charge in [-0.25, -0.2) is 0 Å². The lowest BCUT2D eigenvalue weighted by Gasteiger charge is -2.08. The van der Waals surface area contributed by atoms with E-state index < -0.39 is 29.7 Å². The molecule has 2 aromatic rings. The van der Waals surface area contributed by atoms with Crippen LogP contribution in [0.2, 0.25) is 0 Å². The van der Waals surface area contributed by atoms with Crippen LogP contribution in [0.3, 0.4) is 0 Å². The van der Waals surface area contributed by atoms with E-state index in [2.05, 4.69) is 0 Å². The Morgan fingerprint density at radius 1 is 1.14 bits per heavy atom. The number of hydrogen-bond acceptors (Lipinski definition) is 3. The predicted octanol–water partition coefficient (Wildman–Crippen LogP) is 4.06. The van der Waals surface area contributed by atoms with Crippen LogP contribution in [0.1, 0.15) is 38.5 Å². The van der Waals surface area contributed by atoms with Gasteiger partial charge < -0.3 is 4.42 Å².